The van der Waals surface area contributed by atoms with E-state index in [9.17, 15) is 4.79 Å². The number of carbonyl (C=O) groups excluding carboxylic acids is 1. The fourth-order valence-corrected chi connectivity index (χ4v) is 1.96. The topological polar surface area (TPSA) is 46.1 Å². The molecule has 0 aromatic carbocycles. The first-order valence-electron chi connectivity index (χ1n) is 4.42. The summed E-state index contributed by atoms with van der Waals surface area (Å²) in [6.07, 6.45) is 0.955. The van der Waals surface area contributed by atoms with Gasteiger partial charge in [0.2, 0.25) is 0 Å². The van der Waals surface area contributed by atoms with Crippen LogP contribution in [0.4, 0.5) is 0 Å². The van der Waals surface area contributed by atoms with Gasteiger partial charge in [0, 0.05) is 23.8 Å². The first kappa shape index (κ1) is 11.6. The minimum atomic E-state index is -0.0277. The van der Waals surface area contributed by atoms with Gasteiger partial charge in [-0.05, 0) is 18.0 Å². The molecule has 0 radical (unpaired) electrons. The third-order valence-electron chi connectivity index (χ3n) is 1.71. The van der Waals surface area contributed by atoms with Gasteiger partial charge in [0.05, 0.1) is 0 Å². The first-order valence-corrected chi connectivity index (χ1v) is 6.37. The second kappa shape index (κ2) is 6.08. The van der Waals surface area contributed by atoms with Gasteiger partial charge in [-0.2, -0.15) is 0 Å². The monoisotopic (exact) mass is 277 g/mol. The van der Waals surface area contributed by atoms with Crippen molar-refractivity contribution in [2.75, 3.05) is 18.4 Å². The molecular formula is C8H12BrN3OS. The highest BCUT2D eigenvalue weighted by atomic mass is 79.9. The summed E-state index contributed by atoms with van der Waals surface area (Å²) in [6.45, 7) is 3.53. The standard InChI is InChI=1S/C8H12BrN3OS/c1-2-4-12(5-3-9)8(13)7-6-14-11-10-7/h6H,2-5H2,1H3. The van der Waals surface area contributed by atoms with Gasteiger partial charge in [0.1, 0.15) is 0 Å². The van der Waals surface area contributed by atoms with E-state index in [1.54, 1.807) is 10.3 Å². The number of alkyl halides is 1. The average molecular weight is 278 g/mol. The van der Waals surface area contributed by atoms with Gasteiger partial charge in [-0.1, -0.05) is 27.3 Å². The van der Waals surface area contributed by atoms with E-state index in [4.69, 9.17) is 0 Å². The molecule has 14 heavy (non-hydrogen) atoms. The summed E-state index contributed by atoms with van der Waals surface area (Å²) in [5, 5.41) is 6.23. The van der Waals surface area contributed by atoms with Crippen molar-refractivity contribution in [1.82, 2.24) is 14.5 Å². The molecule has 0 aliphatic rings. The number of halogens is 1. The summed E-state index contributed by atoms with van der Waals surface area (Å²) in [6, 6.07) is 0. The molecule has 1 amide bonds. The van der Waals surface area contributed by atoms with Gasteiger partial charge >= 0.3 is 0 Å². The average Bonchev–Trinajstić information content (AvgIpc) is 2.69. The highest BCUT2D eigenvalue weighted by Gasteiger charge is 2.16. The molecule has 0 fully saturated rings. The molecule has 1 rings (SSSR count). The van der Waals surface area contributed by atoms with Gasteiger partial charge in [-0.3, -0.25) is 4.79 Å². The molecule has 0 N–H and O–H groups in total. The molecule has 0 saturated carbocycles. The fourth-order valence-electron chi connectivity index (χ4n) is 1.11. The summed E-state index contributed by atoms with van der Waals surface area (Å²) < 4.78 is 3.68. The molecular weight excluding hydrogens is 266 g/mol. The largest absolute Gasteiger partial charge is 0.336 e. The van der Waals surface area contributed by atoms with Gasteiger partial charge in [-0.15, -0.1) is 5.10 Å². The zero-order chi connectivity index (χ0) is 10.4. The fraction of sp³-hybridized carbons (Fsp3) is 0.625. The minimum Gasteiger partial charge on any atom is -0.336 e. The number of rotatable bonds is 5. The van der Waals surface area contributed by atoms with E-state index in [1.807, 2.05) is 6.92 Å². The molecule has 0 aliphatic heterocycles. The Morgan fingerprint density at radius 3 is 2.93 bits per heavy atom. The molecule has 0 atom stereocenters. The number of hydrogen-bond donors (Lipinski definition) is 0. The maximum Gasteiger partial charge on any atom is 0.275 e. The zero-order valence-corrected chi connectivity index (χ0v) is 10.3. The van der Waals surface area contributed by atoms with E-state index in [0.29, 0.717) is 12.2 Å². The van der Waals surface area contributed by atoms with Crippen LogP contribution in [-0.2, 0) is 0 Å². The van der Waals surface area contributed by atoms with Crippen molar-refractivity contribution in [1.29, 1.82) is 0 Å². The number of hydrogen-bond acceptors (Lipinski definition) is 4. The van der Waals surface area contributed by atoms with Crippen LogP contribution in [0.3, 0.4) is 0 Å². The molecule has 1 heterocycles. The second-order valence-electron chi connectivity index (χ2n) is 2.77. The van der Waals surface area contributed by atoms with Crippen molar-refractivity contribution in [3.8, 4) is 0 Å². The van der Waals surface area contributed by atoms with Gasteiger partial charge in [0.25, 0.3) is 5.91 Å². The van der Waals surface area contributed by atoms with Crippen molar-refractivity contribution in [2.24, 2.45) is 0 Å². The smallest absolute Gasteiger partial charge is 0.275 e. The summed E-state index contributed by atoms with van der Waals surface area (Å²) in [4.78, 5) is 13.6. The quantitative estimate of drug-likeness (QED) is 0.771. The lowest BCUT2D eigenvalue weighted by Crippen LogP contribution is -2.33. The van der Waals surface area contributed by atoms with Crippen LogP contribution in [0.5, 0.6) is 0 Å². The van der Waals surface area contributed by atoms with Crippen LogP contribution in [0, 0.1) is 0 Å². The van der Waals surface area contributed by atoms with Crippen molar-refractivity contribution in [3.05, 3.63) is 11.1 Å². The third-order valence-corrected chi connectivity index (χ3v) is 2.57. The molecule has 1 aromatic heterocycles. The minimum absolute atomic E-state index is 0.0277. The summed E-state index contributed by atoms with van der Waals surface area (Å²) >= 11 is 4.53. The lowest BCUT2D eigenvalue weighted by atomic mass is 10.3. The Balaban J connectivity index is 2.63. The van der Waals surface area contributed by atoms with Crippen LogP contribution in [0.1, 0.15) is 23.8 Å². The summed E-state index contributed by atoms with van der Waals surface area (Å²) in [5.41, 5.74) is 0.449. The highest BCUT2D eigenvalue weighted by molar-refractivity contribution is 9.09. The molecule has 6 heteroatoms. The highest BCUT2D eigenvalue weighted by Crippen LogP contribution is 2.04. The molecule has 78 valence electrons. The van der Waals surface area contributed by atoms with Crippen LogP contribution in [0.15, 0.2) is 5.38 Å². The normalized spacial score (nSPS) is 10.1. The van der Waals surface area contributed by atoms with Gasteiger partial charge in [-0.25, -0.2) is 0 Å². The van der Waals surface area contributed by atoms with E-state index in [0.717, 1.165) is 18.3 Å². The number of nitrogens with zero attached hydrogens (tertiary/aromatic N) is 3. The number of carbonyl (C=O) groups is 1. The van der Waals surface area contributed by atoms with E-state index in [2.05, 4.69) is 25.5 Å². The Morgan fingerprint density at radius 2 is 2.43 bits per heavy atom. The lowest BCUT2D eigenvalue weighted by molar-refractivity contribution is 0.0760. The predicted octanol–water partition coefficient (Wildman–Crippen LogP) is 1.79. The third kappa shape index (κ3) is 3.02. The molecule has 4 nitrogen and oxygen atoms in total. The zero-order valence-electron chi connectivity index (χ0n) is 7.94. The molecule has 0 unspecified atom stereocenters. The Morgan fingerprint density at radius 1 is 1.64 bits per heavy atom. The van der Waals surface area contributed by atoms with Crippen molar-refractivity contribution < 1.29 is 4.79 Å². The van der Waals surface area contributed by atoms with Crippen molar-refractivity contribution in [2.45, 2.75) is 13.3 Å². The van der Waals surface area contributed by atoms with E-state index in [-0.39, 0.29) is 5.91 Å². The van der Waals surface area contributed by atoms with Crippen LogP contribution in [-0.4, -0.2) is 38.8 Å². The lowest BCUT2D eigenvalue weighted by Gasteiger charge is -2.19. The van der Waals surface area contributed by atoms with Gasteiger partial charge in [0.15, 0.2) is 5.69 Å². The van der Waals surface area contributed by atoms with Crippen molar-refractivity contribution >= 4 is 33.4 Å². The summed E-state index contributed by atoms with van der Waals surface area (Å²) in [5.74, 6) is -0.0277. The molecule has 0 aliphatic carbocycles. The maximum atomic E-state index is 11.8. The van der Waals surface area contributed by atoms with Crippen LogP contribution >= 0.6 is 27.5 Å². The Labute approximate surface area is 95.6 Å². The molecule has 1 aromatic rings. The predicted molar refractivity (Wildman–Crippen MR) is 59.9 cm³/mol. The molecule has 0 saturated heterocycles. The Hall–Kier alpha value is -0.490. The van der Waals surface area contributed by atoms with Crippen molar-refractivity contribution in [3.63, 3.8) is 0 Å². The molecule has 0 spiro atoms. The second-order valence-corrected chi connectivity index (χ2v) is 4.17. The number of aromatic nitrogens is 2. The SMILES string of the molecule is CCCN(CCBr)C(=O)c1csnn1. The maximum absolute atomic E-state index is 11.8. The van der Waals surface area contributed by atoms with Crippen LogP contribution < -0.4 is 0 Å². The van der Waals surface area contributed by atoms with E-state index in [1.165, 1.54) is 11.5 Å². The molecule has 0 bridgehead atoms. The van der Waals surface area contributed by atoms with Crippen LogP contribution in [0.2, 0.25) is 0 Å². The van der Waals surface area contributed by atoms with Gasteiger partial charge < -0.3 is 4.90 Å². The first-order chi connectivity index (χ1) is 6.79. The Kier molecular flexibility index (Phi) is 5.03. The summed E-state index contributed by atoms with van der Waals surface area (Å²) in [7, 11) is 0. The van der Waals surface area contributed by atoms with E-state index < -0.39 is 0 Å². The number of amides is 1. The van der Waals surface area contributed by atoms with E-state index >= 15 is 0 Å². The van der Waals surface area contributed by atoms with Crippen LogP contribution in [0.25, 0.3) is 0 Å². The Bertz CT molecular complexity index is 272.